The number of hydrogen-bond donors (Lipinski definition) is 0. The van der Waals surface area contributed by atoms with Crippen LogP contribution in [0.2, 0.25) is 0 Å². The fraction of sp³-hybridized carbons (Fsp3) is 0.500. The van der Waals surface area contributed by atoms with Gasteiger partial charge in [0.15, 0.2) is 5.65 Å². The van der Waals surface area contributed by atoms with Gasteiger partial charge in [0.1, 0.15) is 0 Å². The van der Waals surface area contributed by atoms with Crippen LogP contribution in [0.3, 0.4) is 0 Å². The minimum Gasteiger partial charge on any atom is -0.237 e. The van der Waals surface area contributed by atoms with Crippen LogP contribution in [-0.4, -0.2) is 14.6 Å². The van der Waals surface area contributed by atoms with Crippen LogP contribution in [0.25, 0.3) is 5.65 Å². The van der Waals surface area contributed by atoms with Crippen LogP contribution in [0.15, 0.2) is 12.3 Å². The molecule has 0 radical (unpaired) electrons. The number of nitrogens with zero attached hydrogens (tertiary/aromatic N) is 3. The smallest absolute Gasteiger partial charge is 0.235 e. The van der Waals surface area contributed by atoms with E-state index in [1.54, 1.807) is 4.52 Å². The van der Waals surface area contributed by atoms with Crippen molar-refractivity contribution in [2.45, 2.75) is 37.5 Å². The van der Waals surface area contributed by atoms with E-state index in [1.807, 2.05) is 6.20 Å². The van der Waals surface area contributed by atoms with E-state index in [4.69, 9.17) is 0 Å². The Morgan fingerprint density at radius 3 is 2.94 bits per heavy atom. The molecule has 4 heteroatoms. The van der Waals surface area contributed by atoms with Gasteiger partial charge in [-0.1, -0.05) is 6.42 Å². The van der Waals surface area contributed by atoms with Crippen molar-refractivity contribution in [1.29, 1.82) is 0 Å². The van der Waals surface area contributed by atoms with Crippen molar-refractivity contribution in [2.75, 3.05) is 0 Å². The first-order valence-corrected chi connectivity index (χ1v) is 5.82. The average molecular weight is 217 g/mol. The summed E-state index contributed by atoms with van der Waals surface area (Å²) < 4.78 is 14.9. The van der Waals surface area contributed by atoms with E-state index in [2.05, 4.69) is 10.1 Å². The molecule has 0 aromatic carbocycles. The zero-order valence-electron chi connectivity index (χ0n) is 8.91. The Morgan fingerprint density at radius 2 is 2.19 bits per heavy atom. The normalized spacial score (nSPS) is 21.3. The Hall–Kier alpha value is -1.45. The van der Waals surface area contributed by atoms with Crippen molar-refractivity contribution in [2.24, 2.45) is 0 Å². The molecule has 1 spiro atoms. The van der Waals surface area contributed by atoms with Gasteiger partial charge in [0.2, 0.25) is 5.95 Å². The zero-order chi connectivity index (χ0) is 10.8. The Kier molecular flexibility index (Phi) is 1.42. The van der Waals surface area contributed by atoms with Crippen LogP contribution >= 0.6 is 0 Å². The van der Waals surface area contributed by atoms with Gasteiger partial charge in [-0.25, -0.2) is 9.50 Å². The first-order chi connectivity index (χ1) is 7.78. The lowest BCUT2D eigenvalue weighted by Crippen LogP contribution is -2.33. The summed E-state index contributed by atoms with van der Waals surface area (Å²) in [6.45, 7) is 0. The topological polar surface area (TPSA) is 30.2 Å². The van der Waals surface area contributed by atoms with Gasteiger partial charge in [0.05, 0.1) is 5.69 Å². The van der Waals surface area contributed by atoms with Crippen molar-refractivity contribution in [3.05, 3.63) is 29.5 Å². The Balaban J connectivity index is 2.08. The quantitative estimate of drug-likeness (QED) is 0.677. The summed E-state index contributed by atoms with van der Waals surface area (Å²) in [5.74, 6) is -0.428. The van der Waals surface area contributed by atoms with Gasteiger partial charge >= 0.3 is 0 Å². The van der Waals surface area contributed by atoms with Crippen molar-refractivity contribution >= 4 is 5.65 Å². The highest BCUT2D eigenvalue weighted by Gasteiger charge is 2.45. The summed E-state index contributed by atoms with van der Waals surface area (Å²) in [4.78, 5) is 4.26. The molecule has 0 bridgehead atoms. The molecular weight excluding hydrogens is 205 g/mol. The number of rotatable bonds is 0. The lowest BCUT2D eigenvalue weighted by molar-refractivity contribution is 0.233. The highest BCUT2D eigenvalue weighted by Crippen LogP contribution is 2.52. The molecule has 3 nitrogen and oxygen atoms in total. The van der Waals surface area contributed by atoms with Gasteiger partial charge in [0, 0.05) is 17.7 Å². The zero-order valence-corrected chi connectivity index (χ0v) is 8.91. The van der Waals surface area contributed by atoms with E-state index in [0.717, 1.165) is 6.42 Å². The molecule has 0 atom stereocenters. The van der Waals surface area contributed by atoms with Crippen molar-refractivity contribution in [3.63, 3.8) is 0 Å². The summed E-state index contributed by atoms with van der Waals surface area (Å²) in [5.41, 5.74) is 3.42. The van der Waals surface area contributed by atoms with Crippen LogP contribution in [0, 0.1) is 5.95 Å². The number of aryl methyl sites for hydroxylation is 1. The second-order valence-corrected chi connectivity index (χ2v) is 5.00. The van der Waals surface area contributed by atoms with Gasteiger partial charge in [-0.05, 0) is 31.2 Å². The molecule has 0 unspecified atom stereocenters. The molecule has 2 aromatic rings. The highest BCUT2D eigenvalue weighted by atomic mass is 19.1. The molecule has 4 rings (SSSR count). The van der Waals surface area contributed by atoms with E-state index in [9.17, 15) is 4.39 Å². The SMILES string of the molecule is Fc1cc2ncc3c(n2n1)C1(CCC1)CC3. The molecule has 2 aliphatic carbocycles. The second-order valence-electron chi connectivity index (χ2n) is 5.00. The maximum absolute atomic E-state index is 13.2. The molecule has 1 fully saturated rings. The lowest BCUT2D eigenvalue weighted by Gasteiger charge is -2.38. The summed E-state index contributed by atoms with van der Waals surface area (Å²) in [7, 11) is 0. The van der Waals surface area contributed by atoms with Crippen LogP contribution in [0.5, 0.6) is 0 Å². The molecule has 2 aromatic heterocycles. The second kappa shape index (κ2) is 2.62. The molecule has 1 saturated carbocycles. The van der Waals surface area contributed by atoms with Crippen LogP contribution in [0.4, 0.5) is 4.39 Å². The maximum atomic E-state index is 13.2. The summed E-state index contributed by atoms with van der Waals surface area (Å²) in [6, 6.07) is 1.41. The predicted molar refractivity (Wildman–Crippen MR) is 56.8 cm³/mol. The fourth-order valence-corrected chi connectivity index (χ4v) is 3.27. The molecule has 0 N–H and O–H groups in total. The third kappa shape index (κ3) is 0.883. The molecule has 0 amide bonds. The van der Waals surface area contributed by atoms with Gasteiger partial charge in [-0.15, -0.1) is 5.10 Å². The molecule has 2 heterocycles. The minimum atomic E-state index is -0.428. The van der Waals surface area contributed by atoms with Crippen LogP contribution in [-0.2, 0) is 11.8 Å². The standard InChI is InChI=1S/C12H12FN3/c13-9-6-10-14-7-8-2-5-12(3-1-4-12)11(8)16(10)15-9/h6-7H,1-5H2. The summed E-state index contributed by atoms with van der Waals surface area (Å²) in [6.07, 6.45) is 7.89. The van der Waals surface area contributed by atoms with Crippen molar-refractivity contribution in [3.8, 4) is 0 Å². The van der Waals surface area contributed by atoms with Crippen LogP contribution in [0.1, 0.15) is 36.9 Å². The number of aromatic nitrogens is 3. The lowest BCUT2D eigenvalue weighted by atomic mass is 9.67. The third-order valence-electron chi connectivity index (χ3n) is 4.22. The Bertz CT molecular complexity index is 583. The van der Waals surface area contributed by atoms with E-state index >= 15 is 0 Å². The van der Waals surface area contributed by atoms with Gasteiger partial charge < -0.3 is 0 Å². The largest absolute Gasteiger partial charge is 0.237 e. The van der Waals surface area contributed by atoms with Crippen molar-refractivity contribution < 1.29 is 4.39 Å². The average Bonchev–Trinajstić information content (AvgIpc) is 2.74. The molecule has 2 aliphatic rings. The Labute approximate surface area is 92.3 Å². The van der Waals surface area contributed by atoms with E-state index in [1.165, 1.54) is 43.0 Å². The predicted octanol–water partition coefficient (Wildman–Crippen LogP) is 2.24. The van der Waals surface area contributed by atoms with Gasteiger partial charge in [-0.2, -0.15) is 4.39 Å². The summed E-state index contributed by atoms with van der Waals surface area (Å²) in [5, 5.41) is 3.95. The first-order valence-electron chi connectivity index (χ1n) is 5.82. The first kappa shape index (κ1) is 8.67. The van der Waals surface area contributed by atoms with Gasteiger partial charge in [0.25, 0.3) is 0 Å². The van der Waals surface area contributed by atoms with Crippen LogP contribution < -0.4 is 0 Å². The summed E-state index contributed by atoms with van der Waals surface area (Å²) >= 11 is 0. The minimum absolute atomic E-state index is 0.287. The van der Waals surface area contributed by atoms with E-state index < -0.39 is 5.95 Å². The van der Waals surface area contributed by atoms with Crippen molar-refractivity contribution in [1.82, 2.24) is 14.6 Å². The van der Waals surface area contributed by atoms with Gasteiger partial charge in [-0.3, -0.25) is 0 Å². The van der Waals surface area contributed by atoms with E-state index in [0.29, 0.717) is 5.65 Å². The van der Waals surface area contributed by atoms with E-state index in [-0.39, 0.29) is 5.41 Å². The monoisotopic (exact) mass is 217 g/mol. The molecule has 82 valence electrons. The molecule has 16 heavy (non-hydrogen) atoms. The molecule has 0 aliphatic heterocycles. The number of hydrogen-bond acceptors (Lipinski definition) is 2. The fourth-order valence-electron chi connectivity index (χ4n) is 3.27. The molecule has 0 saturated heterocycles. The number of halogens is 1. The maximum Gasteiger partial charge on any atom is 0.235 e. The third-order valence-corrected chi connectivity index (χ3v) is 4.22. The molecular formula is C12H12FN3. The Morgan fingerprint density at radius 1 is 1.31 bits per heavy atom. The number of fused-ring (bicyclic) bond motifs is 4. The highest BCUT2D eigenvalue weighted by molar-refractivity contribution is 5.45.